The van der Waals surface area contributed by atoms with Crippen LogP contribution in [0.15, 0.2) is 0 Å². The standard InChI is InChI=1S/C11H21N3O/c12-8-10-3-6-13(7-4-10)14-5-1-2-11(14)9-15/h9-11H,1-8,12H2/t11-/m0/s1. The van der Waals surface area contributed by atoms with Crippen molar-refractivity contribution in [2.75, 3.05) is 26.2 Å². The fourth-order valence-electron chi connectivity index (χ4n) is 2.68. The van der Waals surface area contributed by atoms with Gasteiger partial charge >= 0.3 is 0 Å². The number of rotatable bonds is 3. The Morgan fingerprint density at radius 3 is 2.53 bits per heavy atom. The molecule has 0 amide bonds. The predicted molar refractivity (Wildman–Crippen MR) is 59.1 cm³/mol. The van der Waals surface area contributed by atoms with Gasteiger partial charge in [0.15, 0.2) is 0 Å². The molecule has 2 saturated heterocycles. The van der Waals surface area contributed by atoms with Crippen molar-refractivity contribution >= 4 is 6.29 Å². The second-order valence-electron chi connectivity index (χ2n) is 4.64. The van der Waals surface area contributed by atoms with Crippen LogP contribution in [0.5, 0.6) is 0 Å². The topological polar surface area (TPSA) is 49.6 Å². The van der Waals surface area contributed by atoms with Gasteiger partial charge in [0.05, 0.1) is 6.04 Å². The van der Waals surface area contributed by atoms with Crippen molar-refractivity contribution in [1.29, 1.82) is 0 Å². The largest absolute Gasteiger partial charge is 0.330 e. The molecule has 2 rings (SSSR count). The van der Waals surface area contributed by atoms with Crippen LogP contribution in [0.3, 0.4) is 0 Å². The quantitative estimate of drug-likeness (QED) is 0.679. The molecule has 0 unspecified atom stereocenters. The number of hydrazine groups is 1. The third-order valence-electron chi connectivity index (χ3n) is 3.71. The Kier molecular flexibility index (Phi) is 3.72. The van der Waals surface area contributed by atoms with Gasteiger partial charge < -0.3 is 10.5 Å². The molecule has 2 aliphatic heterocycles. The van der Waals surface area contributed by atoms with Crippen LogP contribution < -0.4 is 5.73 Å². The Morgan fingerprint density at radius 2 is 1.93 bits per heavy atom. The first-order valence-corrected chi connectivity index (χ1v) is 6.02. The van der Waals surface area contributed by atoms with Gasteiger partial charge in [0.25, 0.3) is 0 Å². The molecule has 4 nitrogen and oxygen atoms in total. The van der Waals surface area contributed by atoms with Gasteiger partial charge in [-0.3, -0.25) is 0 Å². The summed E-state index contributed by atoms with van der Waals surface area (Å²) in [6.45, 7) is 4.01. The van der Waals surface area contributed by atoms with E-state index in [0.29, 0.717) is 5.92 Å². The van der Waals surface area contributed by atoms with Gasteiger partial charge in [-0.05, 0) is 38.1 Å². The number of nitrogens with two attached hydrogens (primary N) is 1. The number of aldehydes is 1. The Morgan fingerprint density at radius 1 is 1.20 bits per heavy atom. The van der Waals surface area contributed by atoms with Crippen molar-refractivity contribution in [1.82, 2.24) is 10.0 Å². The molecule has 2 N–H and O–H groups in total. The molecule has 0 radical (unpaired) electrons. The first kappa shape index (κ1) is 11.0. The molecule has 0 aromatic heterocycles. The Hall–Kier alpha value is -0.450. The average Bonchev–Trinajstić information content (AvgIpc) is 2.77. The van der Waals surface area contributed by atoms with E-state index >= 15 is 0 Å². The Labute approximate surface area is 91.4 Å². The third kappa shape index (κ3) is 2.38. The first-order valence-electron chi connectivity index (χ1n) is 6.02. The molecule has 0 aromatic carbocycles. The van der Waals surface area contributed by atoms with Gasteiger partial charge in [0.1, 0.15) is 6.29 Å². The van der Waals surface area contributed by atoms with Crippen LogP contribution in [0, 0.1) is 5.92 Å². The third-order valence-corrected chi connectivity index (χ3v) is 3.71. The number of carbonyl (C=O) groups excluding carboxylic acids is 1. The van der Waals surface area contributed by atoms with Gasteiger partial charge in [-0.1, -0.05) is 0 Å². The highest BCUT2D eigenvalue weighted by Crippen LogP contribution is 2.23. The zero-order valence-electron chi connectivity index (χ0n) is 9.27. The van der Waals surface area contributed by atoms with E-state index in [2.05, 4.69) is 10.0 Å². The lowest BCUT2D eigenvalue weighted by atomic mass is 9.98. The Balaban J connectivity index is 1.86. The number of hydrogen-bond donors (Lipinski definition) is 1. The SMILES string of the molecule is NCC1CCN(N2CCC[C@H]2C=O)CC1. The van der Waals surface area contributed by atoms with Crippen molar-refractivity contribution in [3.63, 3.8) is 0 Å². The summed E-state index contributed by atoms with van der Waals surface area (Å²) in [7, 11) is 0. The van der Waals surface area contributed by atoms with Crippen molar-refractivity contribution in [2.45, 2.75) is 31.7 Å². The maximum absolute atomic E-state index is 10.9. The van der Waals surface area contributed by atoms with Crippen molar-refractivity contribution in [3.05, 3.63) is 0 Å². The molecular formula is C11H21N3O. The molecule has 15 heavy (non-hydrogen) atoms. The fourth-order valence-corrected chi connectivity index (χ4v) is 2.68. The van der Waals surface area contributed by atoms with Crippen LogP contribution >= 0.6 is 0 Å². The minimum Gasteiger partial charge on any atom is -0.330 e. The van der Waals surface area contributed by atoms with E-state index in [1.54, 1.807) is 0 Å². The van der Waals surface area contributed by atoms with Crippen LogP contribution in [0.2, 0.25) is 0 Å². The van der Waals surface area contributed by atoms with Gasteiger partial charge in [0.2, 0.25) is 0 Å². The van der Waals surface area contributed by atoms with Crippen LogP contribution in [-0.2, 0) is 4.79 Å². The highest BCUT2D eigenvalue weighted by molar-refractivity contribution is 5.57. The van der Waals surface area contributed by atoms with Gasteiger partial charge in [-0.25, -0.2) is 10.0 Å². The maximum Gasteiger partial charge on any atom is 0.138 e. The van der Waals surface area contributed by atoms with Crippen LogP contribution in [0.1, 0.15) is 25.7 Å². The van der Waals surface area contributed by atoms with Gasteiger partial charge in [-0.15, -0.1) is 0 Å². The van der Waals surface area contributed by atoms with Crippen LogP contribution in [0.4, 0.5) is 0 Å². The van der Waals surface area contributed by atoms with Crippen LogP contribution in [-0.4, -0.2) is 48.5 Å². The fraction of sp³-hybridized carbons (Fsp3) is 0.909. The molecule has 1 atom stereocenters. The summed E-state index contributed by atoms with van der Waals surface area (Å²) in [5, 5.41) is 4.62. The van der Waals surface area contributed by atoms with Crippen molar-refractivity contribution in [3.8, 4) is 0 Å². The monoisotopic (exact) mass is 211 g/mol. The van der Waals surface area contributed by atoms with Crippen LogP contribution in [0.25, 0.3) is 0 Å². The lowest BCUT2D eigenvalue weighted by Gasteiger charge is -2.39. The zero-order valence-corrected chi connectivity index (χ0v) is 9.27. The van der Waals surface area contributed by atoms with E-state index in [1.165, 1.54) is 12.8 Å². The summed E-state index contributed by atoms with van der Waals surface area (Å²) in [5.74, 6) is 0.693. The Bertz CT molecular complexity index is 214. The van der Waals surface area contributed by atoms with E-state index in [0.717, 1.165) is 45.3 Å². The van der Waals surface area contributed by atoms with Crippen molar-refractivity contribution in [2.24, 2.45) is 11.7 Å². The summed E-state index contributed by atoms with van der Waals surface area (Å²) < 4.78 is 0. The minimum absolute atomic E-state index is 0.138. The lowest BCUT2D eigenvalue weighted by Crippen LogP contribution is -2.50. The number of hydrogen-bond acceptors (Lipinski definition) is 4. The molecule has 2 fully saturated rings. The van der Waals surface area contributed by atoms with E-state index in [4.69, 9.17) is 5.73 Å². The number of carbonyl (C=O) groups is 1. The molecule has 86 valence electrons. The summed E-state index contributed by atoms with van der Waals surface area (Å²) in [6, 6.07) is 0.138. The molecule has 0 spiro atoms. The van der Waals surface area contributed by atoms with Gasteiger partial charge in [-0.2, -0.15) is 0 Å². The van der Waals surface area contributed by atoms with Gasteiger partial charge in [0, 0.05) is 19.6 Å². The summed E-state index contributed by atoms with van der Waals surface area (Å²) in [5.41, 5.74) is 5.67. The molecule has 0 saturated carbocycles. The zero-order chi connectivity index (χ0) is 10.7. The summed E-state index contributed by atoms with van der Waals surface area (Å²) in [4.78, 5) is 10.9. The molecule has 2 heterocycles. The highest BCUT2D eigenvalue weighted by Gasteiger charge is 2.31. The maximum atomic E-state index is 10.9. The number of piperidine rings is 1. The predicted octanol–water partition coefficient (Wildman–Crippen LogP) is 0.235. The van der Waals surface area contributed by atoms with Crippen molar-refractivity contribution < 1.29 is 4.79 Å². The minimum atomic E-state index is 0.138. The molecule has 0 bridgehead atoms. The molecular weight excluding hydrogens is 190 g/mol. The van der Waals surface area contributed by atoms with E-state index in [-0.39, 0.29) is 6.04 Å². The van der Waals surface area contributed by atoms with E-state index in [9.17, 15) is 4.79 Å². The first-order chi connectivity index (χ1) is 7.35. The summed E-state index contributed by atoms with van der Waals surface area (Å²) in [6.07, 6.45) is 5.64. The molecule has 4 heteroatoms. The van der Waals surface area contributed by atoms with E-state index < -0.39 is 0 Å². The second kappa shape index (κ2) is 5.05. The average molecular weight is 211 g/mol. The molecule has 2 aliphatic rings. The highest BCUT2D eigenvalue weighted by atomic mass is 16.1. The molecule has 0 aliphatic carbocycles. The normalized spacial score (nSPS) is 30.9. The summed E-state index contributed by atoms with van der Waals surface area (Å²) >= 11 is 0. The lowest BCUT2D eigenvalue weighted by molar-refractivity contribution is -0.121. The molecule has 0 aromatic rings. The van der Waals surface area contributed by atoms with E-state index in [1.807, 2.05) is 0 Å². The second-order valence-corrected chi connectivity index (χ2v) is 4.64. The number of nitrogens with zero attached hydrogens (tertiary/aromatic N) is 2. The smallest absolute Gasteiger partial charge is 0.138 e.